The Morgan fingerprint density at radius 3 is 1.96 bits per heavy atom. The average Bonchev–Trinajstić information content (AvgIpc) is 3.17. The summed E-state index contributed by atoms with van der Waals surface area (Å²) in [5.74, 6) is -3.05. The molecule has 4 unspecified atom stereocenters. The second-order valence-electron chi connectivity index (χ2n) is 15.1. The second-order valence-corrected chi connectivity index (χ2v) is 15.5. The first kappa shape index (κ1) is 48.1. The Kier molecular flexibility index (Phi) is 19.1. The van der Waals surface area contributed by atoms with Crippen molar-refractivity contribution in [3.63, 3.8) is 0 Å². The van der Waals surface area contributed by atoms with Gasteiger partial charge in [-0.25, -0.2) is 4.79 Å². The van der Waals surface area contributed by atoms with Gasteiger partial charge in [0.15, 0.2) is 0 Å². The Bertz CT molecular complexity index is 1690. The first-order valence-electron chi connectivity index (χ1n) is 18.9. The lowest BCUT2D eigenvalue weighted by Gasteiger charge is -2.33. The summed E-state index contributed by atoms with van der Waals surface area (Å²) in [4.78, 5) is 97.7. The molecule has 2 rings (SSSR count). The number of hydrogen-bond acceptors (Lipinski definition) is 9. The highest BCUT2D eigenvalue weighted by molar-refractivity contribution is 6.30. The number of ether oxygens (including phenoxy) is 1. The molecule has 7 amide bonds. The fourth-order valence-corrected chi connectivity index (χ4v) is 6.01. The van der Waals surface area contributed by atoms with Crippen molar-refractivity contribution in [2.24, 2.45) is 11.8 Å². The fraction of sp³-hybridized carbons (Fsp3) is 0.537. The number of nitrogens with one attached hydrogen (secondary N) is 2. The number of carbonyl (C=O) groups is 7. The molecule has 0 saturated carbocycles. The number of rotatable bonds is 20. The summed E-state index contributed by atoms with van der Waals surface area (Å²) in [5, 5.41) is 16.1. The molecule has 0 aliphatic heterocycles. The summed E-state index contributed by atoms with van der Waals surface area (Å²) in [5.41, 5.74) is 0.780. The van der Waals surface area contributed by atoms with Crippen molar-refractivity contribution in [2.75, 3.05) is 34.8 Å². The Balaban J connectivity index is 2.38. The van der Waals surface area contributed by atoms with E-state index in [0.717, 1.165) is 15.4 Å². The molecular formula is C41H59ClN6O9. The van der Waals surface area contributed by atoms with Crippen LogP contribution >= 0.6 is 11.6 Å². The number of hydrogen-bond donors (Lipinski definition) is 3. The number of urea groups is 1. The van der Waals surface area contributed by atoms with Gasteiger partial charge in [0.05, 0.1) is 12.1 Å². The van der Waals surface area contributed by atoms with Crippen LogP contribution in [-0.4, -0.2) is 138 Å². The monoisotopic (exact) mass is 814 g/mol. The van der Waals surface area contributed by atoms with Gasteiger partial charge in [-0.2, -0.15) is 0 Å². The number of likely N-dealkylation sites (N-methyl/N-ethyl adjacent to an activating group) is 4. The number of halogens is 1. The molecular weight excluding hydrogens is 756 g/mol. The third-order valence-electron chi connectivity index (χ3n) is 9.49. The zero-order valence-corrected chi connectivity index (χ0v) is 35.4. The Morgan fingerprint density at radius 2 is 1.42 bits per heavy atom. The van der Waals surface area contributed by atoms with Crippen LogP contribution in [0.5, 0.6) is 5.75 Å². The molecule has 0 fully saturated rings. The van der Waals surface area contributed by atoms with E-state index in [4.69, 9.17) is 16.3 Å². The SMILES string of the molecule is CC(C)CC(=O)N(C)C(Cc1ccccc1)C(=O)NC(COc1cccc(Cl)c1)C(=O)N(C)C(C)C(=O)NC(C(=O)N(C)C(=O)N(C)[C@H](C=O)CC(C)C)[C@@H](C)O. The summed E-state index contributed by atoms with van der Waals surface area (Å²) in [6.45, 7) is 9.79. The van der Waals surface area contributed by atoms with Gasteiger partial charge in [0.2, 0.25) is 23.6 Å². The number of imide groups is 1. The van der Waals surface area contributed by atoms with Crippen LogP contribution in [-0.2, 0) is 35.2 Å². The van der Waals surface area contributed by atoms with Crippen molar-refractivity contribution in [3.05, 3.63) is 65.2 Å². The smallest absolute Gasteiger partial charge is 0.326 e. The summed E-state index contributed by atoms with van der Waals surface area (Å²) >= 11 is 6.14. The Labute approximate surface area is 341 Å². The van der Waals surface area contributed by atoms with E-state index in [-0.39, 0.29) is 37.2 Å². The lowest BCUT2D eigenvalue weighted by Crippen LogP contribution is -2.61. The zero-order chi connectivity index (χ0) is 43.1. The lowest BCUT2D eigenvalue weighted by atomic mass is 10.0. The molecule has 0 radical (unpaired) electrons. The maximum Gasteiger partial charge on any atom is 0.326 e. The van der Waals surface area contributed by atoms with Gasteiger partial charge in [0.25, 0.3) is 5.91 Å². The van der Waals surface area contributed by atoms with E-state index in [9.17, 15) is 38.7 Å². The predicted octanol–water partition coefficient (Wildman–Crippen LogP) is 3.16. The van der Waals surface area contributed by atoms with Crippen molar-refractivity contribution >= 4 is 53.5 Å². The highest BCUT2D eigenvalue weighted by Gasteiger charge is 2.38. The highest BCUT2D eigenvalue weighted by Crippen LogP contribution is 2.19. The summed E-state index contributed by atoms with van der Waals surface area (Å²) < 4.78 is 5.89. The quantitative estimate of drug-likeness (QED) is 0.169. The van der Waals surface area contributed by atoms with Gasteiger partial charge in [-0.15, -0.1) is 0 Å². The third kappa shape index (κ3) is 14.5. The van der Waals surface area contributed by atoms with Crippen molar-refractivity contribution in [1.82, 2.24) is 30.2 Å². The normalized spacial score (nSPS) is 14.3. The number of aldehydes is 1. The maximum atomic E-state index is 14.2. The number of aliphatic hydroxyl groups excluding tert-OH is 1. The standard InChI is InChI=1S/C41H59ClN6O9/c1-25(2)19-31(23-49)46(8)41(56)48(10)40(55)36(28(6)50)44-37(52)27(5)45(7)39(54)33(24-57-32-18-14-17-30(42)22-32)43-38(53)34(21-29-15-12-11-13-16-29)47(9)35(51)20-26(3)4/h11-18,22-23,25-28,31,33-34,36,50H,19-21,24H2,1-10H3,(H,43,53)(H,44,52)/t27?,28-,31+,33?,34?,36?/m1/s1. The minimum atomic E-state index is -1.61. The van der Waals surface area contributed by atoms with E-state index in [0.29, 0.717) is 28.4 Å². The molecule has 2 aromatic rings. The van der Waals surface area contributed by atoms with Gasteiger partial charge in [-0.05, 0) is 55.9 Å². The van der Waals surface area contributed by atoms with Crippen molar-refractivity contribution in [1.29, 1.82) is 0 Å². The van der Waals surface area contributed by atoms with Crippen LogP contribution in [0.15, 0.2) is 54.6 Å². The van der Waals surface area contributed by atoms with Crippen molar-refractivity contribution < 1.29 is 43.4 Å². The molecule has 3 N–H and O–H groups in total. The molecule has 0 heterocycles. The minimum absolute atomic E-state index is 0.0255. The van der Waals surface area contributed by atoms with E-state index in [1.165, 1.54) is 53.0 Å². The molecule has 2 aromatic carbocycles. The van der Waals surface area contributed by atoms with E-state index >= 15 is 0 Å². The molecule has 57 heavy (non-hydrogen) atoms. The topological polar surface area (TPSA) is 186 Å². The van der Waals surface area contributed by atoms with Crippen LogP contribution in [0.25, 0.3) is 0 Å². The minimum Gasteiger partial charge on any atom is -0.491 e. The molecule has 314 valence electrons. The first-order valence-corrected chi connectivity index (χ1v) is 19.3. The van der Waals surface area contributed by atoms with Crippen molar-refractivity contribution in [3.8, 4) is 5.75 Å². The molecule has 0 spiro atoms. The van der Waals surface area contributed by atoms with Gasteiger partial charge < -0.3 is 40.0 Å². The van der Waals surface area contributed by atoms with Crippen LogP contribution in [0.4, 0.5) is 4.79 Å². The molecule has 0 aliphatic carbocycles. The van der Waals surface area contributed by atoms with E-state index < -0.39 is 66.0 Å². The molecule has 0 saturated heterocycles. The zero-order valence-electron chi connectivity index (χ0n) is 34.6. The number of carbonyl (C=O) groups excluding carboxylic acids is 7. The van der Waals surface area contributed by atoms with Crippen LogP contribution in [0.3, 0.4) is 0 Å². The van der Waals surface area contributed by atoms with Gasteiger partial charge in [-0.3, -0.25) is 28.9 Å². The second kappa shape index (κ2) is 22.7. The van der Waals surface area contributed by atoms with Gasteiger partial charge in [-0.1, -0.05) is 75.7 Å². The van der Waals surface area contributed by atoms with Gasteiger partial charge >= 0.3 is 6.03 Å². The summed E-state index contributed by atoms with van der Waals surface area (Å²) in [6.07, 6.45) is -0.162. The predicted molar refractivity (Wildman–Crippen MR) is 216 cm³/mol. The summed E-state index contributed by atoms with van der Waals surface area (Å²) in [7, 11) is 5.40. The van der Waals surface area contributed by atoms with Crippen LogP contribution in [0.2, 0.25) is 5.02 Å². The Hall–Kier alpha value is -5.02. The van der Waals surface area contributed by atoms with E-state index in [1.54, 1.807) is 18.2 Å². The maximum absolute atomic E-state index is 14.2. The number of nitrogens with zero attached hydrogens (tertiary/aromatic N) is 4. The third-order valence-corrected chi connectivity index (χ3v) is 9.72. The van der Waals surface area contributed by atoms with Crippen LogP contribution in [0, 0.1) is 11.8 Å². The average molecular weight is 815 g/mol. The Morgan fingerprint density at radius 1 is 0.789 bits per heavy atom. The van der Waals surface area contributed by atoms with Crippen LogP contribution in [0.1, 0.15) is 59.9 Å². The fourth-order valence-electron chi connectivity index (χ4n) is 5.83. The summed E-state index contributed by atoms with van der Waals surface area (Å²) in [6, 6.07) is 8.61. The van der Waals surface area contributed by atoms with Gasteiger partial charge in [0.1, 0.15) is 42.8 Å². The molecule has 0 aromatic heterocycles. The largest absolute Gasteiger partial charge is 0.491 e. The highest BCUT2D eigenvalue weighted by atomic mass is 35.5. The van der Waals surface area contributed by atoms with Crippen molar-refractivity contribution in [2.45, 2.75) is 97.1 Å². The number of benzene rings is 2. The van der Waals surface area contributed by atoms with E-state index in [1.807, 2.05) is 58.0 Å². The van der Waals surface area contributed by atoms with E-state index in [2.05, 4.69) is 10.6 Å². The van der Waals surface area contributed by atoms with Crippen LogP contribution < -0.4 is 15.4 Å². The van der Waals surface area contributed by atoms with Gasteiger partial charge in [0, 0.05) is 46.1 Å². The molecule has 0 bridgehead atoms. The molecule has 0 aliphatic rings. The molecule has 15 nitrogen and oxygen atoms in total. The first-order chi connectivity index (χ1) is 26.7. The number of aliphatic hydroxyl groups is 1. The number of amides is 7. The molecule has 16 heteroatoms. The molecule has 6 atom stereocenters. The lowest BCUT2D eigenvalue weighted by molar-refractivity contribution is -0.145.